The van der Waals surface area contributed by atoms with Crippen LogP contribution in [0.3, 0.4) is 0 Å². The molecular weight excluding hydrogens is 200 g/mol. The van der Waals surface area contributed by atoms with Gasteiger partial charge in [0.15, 0.2) is 5.03 Å². The monoisotopic (exact) mass is 206 g/mol. The van der Waals surface area contributed by atoms with Gasteiger partial charge >= 0.3 is 5.91 Å². The van der Waals surface area contributed by atoms with Crippen LogP contribution in [0.2, 0.25) is 0 Å². The lowest BCUT2D eigenvalue weighted by atomic mass is 10.00. The molecule has 1 aliphatic rings. The Morgan fingerprint density at radius 3 is 2.60 bits per heavy atom. The van der Waals surface area contributed by atoms with E-state index >= 15 is 0 Å². The highest BCUT2D eigenvalue weighted by molar-refractivity contribution is 6.08. The minimum atomic E-state index is -0.986. The molecule has 0 saturated heterocycles. The van der Waals surface area contributed by atoms with Crippen LogP contribution in [0.25, 0.3) is 0 Å². The molecule has 0 aliphatic carbocycles. The number of rotatable bonds is 1. The van der Waals surface area contributed by atoms with Gasteiger partial charge < -0.3 is 0 Å². The van der Waals surface area contributed by atoms with E-state index in [2.05, 4.69) is 0 Å². The zero-order valence-corrected chi connectivity index (χ0v) is 7.54. The maximum absolute atomic E-state index is 11.5. The number of benzene rings is 1. The van der Waals surface area contributed by atoms with E-state index < -0.39 is 16.8 Å². The highest BCUT2D eigenvalue weighted by atomic mass is 16.7. The standard InChI is InChI=1S/C9H6N2O4/c12-8-5-6-3-1-2-4-7(6)9(13)10(8)11(14)15/h1-4H,5H2. The number of nitrogens with zero attached hydrogens (tertiary/aromatic N) is 2. The normalized spacial score (nSPS) is 15.1. The van der Waals surface area contributed by atoms with Crippen molar-refractivity contribution < 1.29 is 14.6 Å². The van der Waals surface area contributed by atoms with Crippen molar-refractivity contribution in [1.29, 1.82) is 0 Å². The summed E-state index contributed by atoms with van der Waals surface area (Å²) in [5.41, 5.74) is 0.749. The van der Waals surface area contributed by atoms with Crippen LogP contribution < -0.4 is 0 Å². The second-order valence-corrected chi connectivity index (χ2v) is 3.08. The number of hydrogen-bond acceptors (Lipinski definition) is 4. The molecule has 6 nitrogen and oxygen atoms in total. The molecule has 0 fully saturated rings. The average Bonchev–Trinajstić information content (AvgIpc) is 2.17. The van der Waals surface area contributed by atoms with Gasteiger partial charge in [-0.25, -0.2) is 10.1 Å². The number of fused-ring (bicyclic) bond motifs is 1. The first-order valence-corrected chi connectivity index (χ1v) is 4.21. The van der Waals surface area contributed by atoms with Crippen LogP contribution in [-0.2, 0) is 11.2 Å². The van der Waals surface area contributed by atoms with Gasteiger partial charge in [0.25, 0.3) is 5.91 Å². The van der Waals surface area contributed by atoms with Crippen LogP contribution >= 0.6 is 0 Å². The van der Waals surface area contributed by atoms with Gasteiger partial charge in [-0.05, 0) is 11.6 Å². The molecule has 0 atom stereocenters. The molecule has 0 aromatic heterocycles. The van der Waals surface area contributed by atoms with Gasteiger partial charge in [-0.3, -0.25) is 9.59 Å². The molecule has 0 bridgehead atoms. The number of carbonyl (C=O) groups is 2. The highest BCUT2D eigenvalue weighted by Gasteiger charge is 2.39. The molecule has 76 valence electrons. The Hall–Kier alpha value is -2.24. The molecule has 1 aliphatic heterocycles. The second-order valence-electron chi connectivity index (χ2n) is 3.08. The average molecular weight is 206 g/mol. The third kappa shape index (κ3) is 1.35. The Balaban J connectivity index is 2.52. The molecule has 0 spiro atoms. The van der Waals surface area contributed by atoms with E-state index in [4.69, 9.17) is 0 Å². The van der Waals surface area contributed by atoms with Gasteiger partial charge in [-0.1, -0.05) is 18.2 Å². The molecule has 1 heterocycles. The van der Waals surface area contributed by atoms with E-state index in [1.165, 1.54) is 6.07 Å². The van der Waals surface area contributed by atoms with E-state index in [1.807, 2.05) is 0 Å². The van der Waals surface area contributed by atoms with Crippen molar-refractivity contribution in [2.75, 3.05) is 0 Å². The summed E-state index contributed by atoms with van der Waals surface area (Å²) in [6, 6.07) is 6.37. The summed E-state index contributed by atoms with van der Waals surface area (Å²) in [7, 11) is 0. The van der Waals surface area contributed by atoms with E-state index in [-0.39, 0.29) is 17.0 Å². The Kier molecular flexibility index (Phi) is 1.96. The Morgan fingerprint density at radius 1 is 1.27 bits per heavy atom. The maximum Gasteiger partial charge on any atom is 0.323 e. The first-order valence-electron chi connectivity index (χ1n) is 4.21. The van der Waals surface area contributed by atoms with Gasteiger partial charge in [-0.15, -0.1) is 0 Å². The van der Waals surface area contributed by atoms with Crippen LogP contribution in [0.1, 0.15) is 15.9 Å². The van der Waals surface area contributed by atoms with E-state index in [1.54, 1.807) is 18.2 Å². The number of carbonyl (C=O) groups excluding carboxylic acids is 2. The molecule has 2 amide bonds. The van der Waals surface area contributed by atoms with E-state index in [0.29, 0.717) is 5.56 Å². The van der Waals surface area contributed by atoms with Crippen molar-refractivity contribution in [1.82, 2.24) is 5.01 Å². The molecule has 0 saturated carbocycles. The summed E-state index contributed by atoms with van der Waals surface area (Å²) < 4.78 is 0. The van der Waals surface area contributed by atoms with Crippen molar-refractivity contribution >= 4 is 11.8 Å². The largest absolute Gasteiger partial charge is 0.323 e. The summed E-state index contributed by atoms with van der Waals surface area (Å²) in [5, 5.41) is 9.55. The first kappa shape index (κ1) is 9.32. The third-order valence-corrected chi connectivity index (χ3v) is 2.18. The van der Waals surface area contributed by atoms with Crippen LogP contribution in [-0.4, -0.2) is 21.9 Å². The van der Waals surface area contributed by atoms with E-state index in [9.17, 15) is 19.7 Å². The Morgan fingerprint density at radius 2 is 1.93 bits per heavy atom. The predicted octanol–water partition coefficient (Wildman–Crippen LogP) is 0.403. The van der Waals surface area contributed by atoms with Gasteiger partial charge in [0, 0.05) is 10.6 Å². The van der Waals surface area contributed by atoms with Gasteiger partial charge in [0.1, 0.15) is 0 Å². The third-order valence-electron chi connectivity index (χ3n) is 2.18. The molecule has 0 unspecified atom stereocenters. The topological polar surface area (TPSA) is 80.5 Å². The molecule has 6 heteroatoms. The Labute approximate surface area is 84.2 Å². The van der Waals surface area contributed by atoms with Crippen molar-refractivity contribution in [3.05, 3.63) is 45.5 Å². The fourth-order valence-corrected chi connectivity index (χ4v) is 1.51. The second kappa shape index (κ2) is 3.16. The molecule has 0 N–H and O–H groups in total. The zero-order chi connectivity index (χ0) is 11.0. The lowest BCUT2D eigenvalue weighted by Crippen LogP contribution is -2.45. The van der Waals surface area contributed by atoms with Crippen molar-refractivity contribution in [2.45, 2.75) is 6.42 Å². The van der Waals surface area contributed by atoms with Crippen LogP contribution in [0.4, 0.5) is 0 Å². The fourth-order valence-electron chi connectivity index (χ4n) is 1.51. The minimum absolute atomic E-state index is 0.0579. The highest BCUT2D eigenvalue weighted by Crippen LogP contribution is 2.19. The van der Waals surface area contributed by atoms with Gasteiger partial charge in [-0.2, -0.15) is 0 Å². The zero-order valence-electron chi connectivity index (χ0n) is 7.54. The summed E-state index contributed by atoms with van der Waals surface area (Å²) in [4.78, 5) is 33.3. The lowest BCUT2D eigenvalue weighted by Gasteiger charge is -2.17. The predicted molar refractivity (Wildman–Crippen MR) is 48.3 cm³/mol. The number of imide groups is 1. The molecule has 1 aromatic rings. The van der Waals surface area contributed by atoms with Crippen LogP contribution in [0.15, 0.2) is 24.3 Å². The Bertz CT molecular complexity index is 469. The maximum atomic E-state index is 11.5. The first-order chi connectivity index (χ1) is 7.11. The number of nitro groups is 1. The minimum Gasteiger partial charge on any atom is -0.268 e. The number of amides is 2. The summed E-state index contributed by atoms with van der Waals surface area (Å²) >= 11 is 0. The number of hydrazine groups is 1. The molecule has 0 radical (unpaired) electrons. The van der Waals surface area contributed by atoms with Crippen LogP contribution in [0.5, 0.6) is 0 Å². The quantitative estimate of drug-likeness (QED) is 0.378. The van der Waals surface area contributed by atoms with Crippen molar-refractivity contribution in [2.24, 2.45) is 0 Å². The van der Waals surface area contributed by atoms with Crippen LogP contribution in [0, 0.1) is 10.1 Å². The molecule has 2 rings (SSSR count). The lowest BCUT2D eigenvalue weighted by molar-refractivity contribution is -0.612. The fraction of sp³-hybridized carbons (Fsp3) is 0.111. The number of hydrogen-bond donors (Lipinski definition) is 0. The molecule has 15 heavy (non-hydrogen) atoms. The van der Waals surface area contributed by atoms with E-state index in [0.717, 1.165) is 0 Å². The molecule has 1 aromatic carbocycles. The smallest absolute Gasteiger partial charge is 0.268 e. The summed E-state index contributed by atoms with van der Waals surface area (Å²) in [6.45, 7) is 0. The van der Waals surface area contributed by atoms with Crippen molar-refractivity contribution in [3.63, 3.8) is 0 Å². The summed E-state index contributed by atoms with van der Waals surface area (Å²) in [6.07, 6.45) is -0.108. The van der Waals surface area contributed by atoms with Gasteiger partial charge in [0.05, 0.1) is 6.42 Å². The van der Waals surface area contributed by atoms with Crippen molar-refractivity contribution in [3.8, 4) is 0 Å². The summed E-state index contributed by atoms with van der Waals surface area (Å²) in [5.74, 6) is -1.67. The molecular formula is C9H6N2O4. The van der Waals surface area contributed by atoms with Gasteiger partial charge in [0.2, 0.25) is 0 Å². The SMILES string of the molecule is O=C1Cc2ccccc2C(=O)N1[N+](=O)[O-].